The summed E-state index contributed by atoms with van der Waals surface area (Å²) in [5.41, 5.74) is 0.987. The maximum atomic E-state index is 13.4. The summed E-state index contributed by atoms with van der Waals surface area (Å²) in [5, 5.41) is 13.9. The molecule has 136 valence electrons. The molecule has 3 heterocycles. The SMILES string of the molecule is O=C1CC(C(=O)NCc2nnc3n2CCCCC3)c2ccc(F)cc2N1. The fraction of sp³-hybridized carbons (Fsp3) is 0.444. The molecule has 1 atom stereocenters. The average Bonchev–Trinajstić information content (AvgIpc) is 2.84. The third-order valence-corrected chi connectivity index (χ3v) is 4.98. The normalized spacial score (nSPS) is 19.1. The highest BCUT2D eigenvalue weighted by molar-refractivity contribution is 6.01. The molecule has 7 nitrogen and oxygen atoms in total. The number of carbonyl (C=O) groups excluding carboxylic acids is 2. The van der Waals surface area contributed by atoms with Gasteiger partial charge in [0.1, 0.15) is 11.6 Å². The van der Waals surface area contributed by atoms with Gasteiger partial charge in [-0.05, 0) is 30.5 Å². The Bertz CT molecular complexity index is 863. The molecule has 1 aromatic carbocycles. The van der Waals surface area contributed by atoms with Crippen LogP contribution in [0.15, 0.2) is 18.2 Å². The number of aromatic nitrogens is 3. The van der Waals surface area contributed by atoms with Gasteiger partial charge in [-0.25, -0.2) is 4.39 Å². The van der Waals surface area contributed by atoms with E-state index in [0.717, 1.165) is 37.5 Å². The molecule has 0 saturated carbocycles. The van der Waals surface area contributed by atoms with Crippen molar-refractivity contribution in [3.05, 3.63) is 41.2 Å². The Morgan fingerprint density at radius 2 is 2.19 bits per heavy atom. The van der Waals surface area contributed by atoms with E-state index in [0.29, 0.717) is 11.3 Å². The summed E-state index contributed by atoms with van der Waals surface area (Å²) in [7, 11) is 0. The van der Waals surface area contributed by atoms with E-state index in [4.69, 9.17) is 0 Å². The van der Waals surface area contributed by atoms with Gasteiger partial charge < -0.3 is 15.2 Å². The van der Waals surface area contributed by atoms with Crippen molar-refractivity contribution in [3.8, 4) is 0 Å². The second kappa shape index (κ2) is 6.86. The quantitative estimate of drug-likeness (QED) is 0.878. The van der Waals surface area contributed by atoms with Gasteiger partial charge in [0.25, 0.3) is 0 Å². The van der Waals surface area contributed by atoms with Gasteiger partial charge in [-0.3, -0.25) is 9.59 Å². The molecule has 1 aromatic heterocycles. The van der Waals surface area contributed by atoms with Crippen molar-refractivity contribution in [3.63, 3.8) is 0 Å². The van der Waals surface area contributed by atoms with E-state index in [1.54, 1.807) is 6.07 Å². The van der Waals surface area contributed by atoms with Crippen LogP contribution in [0.1, 0.15) is 48.8 Å². The van der Waals surface area contributed by atoms with Crippen molar-refractivity contribution in [2.24, 2.45) is 0 Å². The number of rotatable bonds is 3. The largest absolute Gasteiger partial charge is 0.348 e. The summed E-state index contributed by atoms with van der Waals surface area (Å²) in [6.07, 6.45) is 4.30. The van der Waals surface area contributed by atoms with Gasteiger partial charge in [0.2, 0.25) is 11.8 Å². The number of hydrogen-bond donors (Lipinski definition) is 2. The van der Waals surface area contributed by atoms with Gasteiger partial charge in [-0.1, -0.05) is 12.5 Å². The number of amides is 2. The first-order valence-corrected chi connectivity index (χ1v) is 8.90. The molecule has 2 aromatic rings. The van der Waals surface area contributed by atoms with Gasteiger partial charge in [0, 0.05) is 25.1 Å². The summed E-state index contributed by atoms with van der Waals surface area (Å²) in [5.74, 6) is 0.0554. The van der Waals surface area contributed by atoms with E-state index in [9.17, 15) is 14.0 Å². The predicted octanol–water partition coefficient (Wildman–Crippen LogP) is 1.89. The van der Waals surface area contributed by atoms with Crippen molar-refractivity contribution in [1.82, 2.24) is 20.1 Å². The number of aryl methyl sites for hydroxylation is 1. The molecule has 0 spiro atoms. The van der Waals surface area contributed by atoms with Crippen LogP contribution in [-0.4, -0.2) is 26.6 Å². The van der Waals surface area contributed by atoms with E-state index in [2.05, 4.69) is 25.4 Å². The van der Waals surface area contributed by atoms with Crippen molar-refractivity contribution in [1.29, 1.82) is 0 Å². The highest BCUT2D eigenvalue weighted by Gasteiger charge is 2.31. The maximum Gasteiger partial charge on any atom is 0.228 e. The summed E-state index contributed by atoms with van der Waals surface area (Å²) >= 11 is 0. The zero-order chi connectivity index (χ0) is 18.1. The molecule has 0 saturated heterocycles. The van der Waals surface area contributed by atoms with E-state index >= 15 is 0 Å². The van der Waals surface area contributed by atoms with Crippen LogP contribution in [0.5, 0.6) is 0 Å². The van der Waals surface area contributed by atoms with E-state index in [1.807, 2.05) is 0 Å². The molecule has 2 amide bonds. The van der Waals surface area contributed by atoms with Crippen LogP contribution in [0.25, 0.3) is 0 Å². The lowest BCUT2D eigenvalue weighted by molar-refractivity contribution is -0.126. The minimum absolute atomic E-state index is 0.0441. The molecule has 0 radical (unpaired) electrons. The topological polar surface area (TPSA) is 88.9 Å². The Morgan fingerprint density at radius 3 is 3.08 bits per heavy atom. The van der Waals surface area contributed by atoms with Crippen LogP contribution in [0.4, 0.5) is 10.1 Å². The van der Waals surface area contributed by atoms with Crippen LogP contribution < -0.4 is 10.6 Å². The highest BCUT2D eigenvalue weighted by atomic mass is 19.1. The average molecular weight is 357 g/mol. The van der Waals surface area contributed by atoms with Gasteiger partial charge in [-0.15, -0.1) is 10.2 Å². The molecule has 4 rings (SSSR count). The first-order chi connectivity index (χ1) is 12.6. The molecule has 8 heteroatoms. The number of carbonyl (C=O) groups is 2. The standard InChI is InChI=1S/C18H20FN5O2/c19-11-5-6-12-13(9-17(25)21-14(12)8-11)18(26)20-10-16-23-22-15-4-2-1-3-7-24(15)16/h5-6,8,13H,1-4,7,9-10H2,(H,20,26)(H,21,25). The fourth-order valence-electron chi connectivity index (χ4n) is 3.64. The Hall–Kier alpha value is -2.77. The summed E-state index contributed by atoms with van der Waals surface area (Å²) in [4.78, 5) is 24.6. The number of nitrogens with one attached hydrogen (secondary N) is 2. The number of benzene rings is 1. The first-order valence-electron chi connectivity index (χ1n) is 8.90. The Morgan fingerprint density at radius 1 is 1.31 bits per heavy atom. The van der Waals surface area contributed by atoms with E-state index in [-0.39, 0.29) is 24.8 Å². The number of fused-ring (bicyclic) bond motifs is 2. The first kappa shape index (κ1) is 16.7. The molecule has 1 unspecified atom stereocenters. The second-order valence-corrected chi connectivity index (χ2v) is 6.75. The fourth-order valence-corrected chi connectivity index (χ4v) is 3.64. The van der Waals surface area contributed by atoms with Crippen molar-refractivity contribution in [2.45, 2.75) is 51.1 Å². The molecule has 2 aliphatic heterocycles. The van der Waals surface area contributed by atoms with Crippen molar-refractivity contribution in [2.75, 3.05) is 5.32 Å². The third kappa shape index (κ3) is 3.18. The number of hydrogen-bond acceptors (Lipinski definition) is 4. The third-order valence-electron chi connectivity index (χ3n) is 4.98. The number of halogens is 1. The van der Waals surface area contributed by atoms with Crippen molar-refractivity contribution >= 4 is 17.5 Å². The monoisotopic (exact) mass is 357 g/mol. The summed E-state index contributed by atoms with van der Waals surface area (Å²) in [6, 6.07) is 4.09. The number of anilines is 1. The van der Waals surface area contributed by atoms with Crippen LogP contribution >= 0.6 is 0 Å². The minimum atomic E-state index is -0.633. The summed E-state index contributed by atoms with van der Waals surface area (Å²) < 4.78 is 15.5. The molecule has 0 aliphatic carbocycles. The smallest absolute Gasteiger partial charge is 0.228 e. The van der Waals surface area contributed by atoms with E-state index < -0.39 is 11.7 Å². The predicted molar refractivity (Wildman–Crippen MR) is 91.8 cm³/mol. The zero-order valence-corrected chi connectivity index (χ0v) is 14.3. The summed E-state index contributed by atoms with van der Waals surface area (Å²) in [6.45, 7) is 1.13. The molecule has 0 bridgehead atoms. The lowest BCUT2D eigenvalue weighted by atomic mass is 9.89. The minimum Gasteiger partial charge on any atom is -0.348 e. The Kier molecular flexibility index (Phi) is 4.40. The molecule has 0 fully saturated rings. The van der Waals surface area contributed by atoms with Crippen LogP contribution in [-0.2, 0) is 29.1 Å². The Balaban J connectivity index is 1.49. The molecule has 2 N–H and O–H groups in total. The molecular weight excluding hydrogens is 337 g/mol. The Labute approximate surface area is 150 Å². The molecule has 26 heavy (non-hydrogen) atoms. The molecule has 2 aliphatic rings. The van der Waals surface area contributed by atoms with Gasteiger partial charge in [-0.2, -0.15) is 0 Å². The second-order valence-electron chi connectivity index (χ2n) is 6.75. The van der Waals surface area contributed by atoms with E-state index in [1.165, 1.54) is 18.6 Å². The van der Waals surface area contributed by atoms with Gasteiger partial charge in [0.15, 0.2) is 5.82 Å². The number of nitrogens with zero attached hydrogens (tertiary/aromatic N) is 3. The lowest BCUT2D eigenvalue weighted by Gasteiger charge is -2.24. The van der Waals surface area contributed by atoms with Gasteiger partial charge >= 0.3 is 0 Å². The zero-order valence-electron chi connectivity index (χ0n) is 14.3. The maximum absolute atomic E-state index is 13.4. The van der Waals surface area contributed by atoms with Crippen molar-refractivity contribution < 1.29 is 14.0 Å². The highest BCUT2D eigenvalue weighted by Crippen LogP contribution is 2.32. The van der Waals surface area contributed by atoms with Gasteiger partial charge in [0.05, 0.1) is 12.5 Å². The molecular formula is C18H20FN5O2. The van der Waals surface area contributed by atoms with Crippen LogP contribution in [0.2, 0.25) is 0 Å². The van der Waals surface area contributed by atoms with Crippen LogP contribution in [0, 0.1) is 5.82 Å². The van der Waals surface area contributed by atoms with Crippen LogP contribution in [0.3, 0.4) is 0 Å². The lowest BCUT2D eigenvalue weighted by Crippen LogP contribution is -2.35.